The summed E-state index contributed by atoms with van der Waals surface area (Å²) in [5.41, 5.74) is 0.949. The summed E-state index contributed by atoms with van der Waals surface area (Å²) in [6.07, 6.45) is 0. The summed E-state index contributed by atoms with van der Waals surface area (Å²) in [6, 6.07) is 7.47. The zero-order valence-electron chi connectivity index (χ0n) is 6.89. The molecule has 0 saturated heterocycles. The van der Waals surface area contributed by atoms with Gasteiger partial charge in [-0.15, -0.1) is 0 Å². The topological polar surface area (TPSA) is 29.1 Å². The Morgan fingerprint density at radius 1 is 1.38 bits per heavy atom. The van der Waals surface area contributed by atoms with E-state index in [-0.39, 0.29) is 0 Å². The zero-order valence-corrected chi connectivity index (χ0v) is 8.47. The fraction of sp³-hybridized carbons (Fsp3) is 0.222. The van der Waals surface area contributed by atoms with Crippen LogP contribution in [-0.4, -0.2) is 12.6 Å². The van der Waals surface area contributed by atoms with E-state index in [1.165, 1.54) is 0 Å². The molecule has 1 N–H and O–H groups in total. The first-order valence-corrected chi connectivity index (χ1v) is 4.59. The van der Waals surface area contributed by atoms with Crippen LogP contribution in [0.15, 0.2) is 28.7 Å². The Kier molecular flexibility index (Phi) is 3.89. The largest absolute Gasteiger partial charge is 0.350 e. The highest BCUT2D eigenvalue weighted by Crippen LogP contribution is 2.09. The van der Waals surface area contributed by atoms with Gasteiger partial charge in [-0.05, 0) is 17.7 Å². The Bertz CT molecular complexity index is 286. The van der Waals surface area contributed by atoms with Crippen molar-refractivity contribution >= 4 is 21.8 Å². The maximum Gasteiger partial charge on any atom is 0.251 e. The van der Waals surface area contributed by atoms with Crippen LogP contribution in [0, 0.1) is 0 Å². The molecule has 13 heavy (non-hydrogen) atoms. The SMILES string of the molecule is O=C(CF)NCc1ccc(Br)cc1. The monoisotopic (exact) mass is 245 g/mol. The number of alkyl halides is 1. The molecule has 0 heterocycles. The van der Waals surface area contributed by atoms with Crippen LogP contribution >= 0.6 is 15.9 Å². The third-order valence-electron chi connectivity index (χ3n) is 1.52. The number of halogens is 2. The van der Waals surface area contributed by atoms with Gasteiger partial charge in [-0.25, -0.2) is 4.39 Å². The quantitative estimate of drug-likeness (QED) is 0.868. The number of hydrogen-bond acceptors (Lipinski definition) is 1. The smallest absolute Gasteiger partial charge is 0.251 e. The number of amides is 1. The predicted molar refractivity (Wildman–Crippen MR) is 52.0 cm³/mol. The second-order valence-corrected chi connectivity index (χ2v) is 3.45. The van der Waals surface area contributed by atoms with Gasteiger partial charge in [-0.2, -0.15) is 0 Å². The van der Waals surface area contributed by atoms with Crippen molar-refractivity contribution in [2.45, 2.75) is 6.54 Å². The molecule has 0 aliphatic carbocycles. The van der Waals surface area contributed by atoms with Crippen molar-refractivity contribution in [3.8, 4) is 0 Å². The molecule has 1 aromatic carbocycles. The van der Waals surface area contributed by atoms with E-state index in [0.29, 0.717) is 6.54 Å². The number of carbonyl (C=O) groups is 1. The molecule has 0 aliphatic heterocycles. The molecule has 1 aromatic rings. The van der Waals surface area contributed by atoms with Gasteiger partial charge in [-0.1, -0.05) is 28.1 Å². The standard InChI is InChI=1S/C9H9BrFNO/c10-8-3-1-7(2-4-8)6-12-9(13)5-11/h1-4H,5-6H2,(H,12,13). The normalized spacial score (nSPS) is 9.69. The minimum absolute atomic E-state index is 0.371. The molecule has 4 heteroatoms. The average Bonchev–Trinajstić information content (AvgIpc) is 2.16. The number of carbonyl (C=O) groups excluding carboxylic acids is 1. The van der Waals surface area contributed by atoms with Crippen molar-refractivity contribution in [2.24, 2.45) is 0 Å². The first-order valence-electron chi connectivity index (χ1n) is 3.79. The van der Waals surface area contributed by atoms with Gasteiger partial charge in [-0.3, -0.25) is 4.79 Å². The molecule has 0 aromatic heterocycles. The van der Waals surface area contributed by atoms with Gasteiger partial charge in [0.05, 0.1) is 0 Å². The third-order valence-corrected chi connectivity index (χ3v) is 2.05. The van der Waals surface area contributed by atoms with Gasteiger partial charge in [0, 0.05) is 11.0 Å². The molecule has 70 valence electrons. The minimum atomic E-state index is -0.962. The van der Waals surface area contributed by atoms with Gasteiger partial charge in [0.2, 0.25) is 0 Å². The number of rotatable bonds is 3. The molecule has 2 nitrogen and oxygen atoms in total. The summed E-state index contributed by atoms with van der Waals surface area (Å²) in [4.78, 5) is 10.6. The number of nitrogens with one attached hydrogen (secondary N) is 1. The average molecular weight is 246 g/mol. The van der Waals surface area contributed by atoms with Crippen LogP contribution in [0.25, 0.3) is 0 Å². The second-order valence-electron chi connectivity index (χ2n) is 2.54. The summed E-state index contributed by atoms with van der Waals surface area (Å²) in [5, 5.41) is 2.44. The Morgan fingerprint density at radius 3 is 2.54 bits per heavy atom. The van der Waals surface area contributed by atoms with Crippen LogP contribution in [0.2, 0.25) is 0 Å². The predicted octanol–water partition coefficient (Wildman–Crippen LogP) is 2.03. The van der Waals surface area contributed by atoms with Crippen LogP contribution in [0.4, 0.5) is 4.39 Å². The highest BCUT2D eigenvalue weighted by Gasteiger charge is 1.98. The van der Waals surface area contributed by atoms with Gasteiger partial charge < -0.3 is 5.32 Å². The van der Waals surface area contributed by atoms with Crippen molar-refractivity contribution in [3.05, 3.63) is 34.3 Å². The van der Waals surface area contributed by atoms with E-state index in [0.717, 1.165) is 10.0 Å². The summed E-state index contributed by atoms with van der Waals surface area (Å²) < 4.78 is 12.7. The van der Waals surface area contributed by atoms with Crippen LogP contribution < -0.4 is 5.32 Å². The van der Waals surface area contributed by atoms with Crippen LogP contribution in [-0.2, 0) is 11.3 Å². The third kappa shape index (κ3) is 3.55. The van der Waals surface area contributed by atoms with E-state index >= 15 is 0 Å². The maximum absolute atomic E-state index is 11.7. The molecule has 1 amide bonds. The van der Waals surface area contributed by atoms with E-state index in [4.69, 9.17) is 0 Å². The fourth-order valence-corrected chi connectivity index (χ4v) is 1.11. The van der Waals surface area contributed by atoms with Crippen molar-refractivity contribution in [1.82, 2.24) is 5.32 Å². The summed E-state index contributed by atoms with van der Waals surface area (Å²) in [6.45, 7) is -0.591. The van der Waals surface area contributed by atoms with Crippen molar-refractivity contribution < 1.29 is 9.18 Å². The van der Waals surface area contributed by atoms with E-state index in [9.17, 15) is 9.18 Å². The van der Waals surface area contributed by atoms with Crippen molar-refractivity contribution in [2.75, 3.05) is 6.67 Å². The molecule has 1 rings (SSSR count). The Labute approximate surface area is 84.3 Å². The van der Waals surface area contributed by atoms with Gasteiger partial charge in [0.15, 0.2) is 6.67 Å². The highest BCUT2D eigenvalue weighted by molar-refractivity contribution is 9.10. The van der Waals surface area contributed by atoms with Crippen molar-refractivity contribution in [1.29, 1.82) is 0 Å². The number of hydrogen-bond donors (Lipinski definition) is 1. The maximum atomic E-state index is 11.7. The number of benzene rings is 1. The molecule has 0 atom stereocenters. The lowest BCUT2D eigenvalue weighted by atomic mass is 10.2. The Morgan fingerprint density at radius 2 is 2.00 bits per heavy atom. The Balaban J connectivity index is 2.46. The second kappa shape index (κ2) is 4.97. The molecule has 0 aliphatic rings. The molecule has 0 fully saturated rings. The zero-order chi connectivity index (χ0) is 9.68. The van der Waals surface area contributed by atoms with Crippen molar-refractivity contribution in [3.63, 3.8) is 0 Å². The summed E-state index contributed by atoms with van der Waals surface area (Å²) >= 11 is 3.29. The van der Waals surface area contributed by atoms with E-state index in [1.54, 1.807) is 0 Å². The van der Waals surface area contributed by atoms with Crippen LogP contribution in [0.1, 0.15) is 5.56 Å². The highest BCUT2D eigenvalue weighted by atomic mass is 79.9. The van der Waals surface area contributed by atoms with E-state index < -0.39 is 12.6 Å². The Hall–Kier alpha value is -0.900. The molecule has 0 radical (unpaired) electrons. The van der Waals surface area contributed by atoms with Crippen LogP contribution in [0.5, 0.6) is 0 Å². The lowest BCUT2D eigenvalue weighted by molar-refractivity contribution is -0.122. The van der Waals surface area contributed by atoms with Gasteiger partial charge in [0.25, 0.3) is 5.91 Å². The molecule has 0 saturated carbocycles. The molecule has 0 unspecified atom stereocenters. The van der Waals surface area contributed by atoms with E-state index in [2.05, 4.69) is 21.2 Å². The molecule has 0 bridgehead atoms. The molecule has 0 spiro atoms. The first-order chi connectivity index (χ1) is 6.22. The van der Waals surface area contributed by atoms with E-state index in [1.807, 2.05) is 24.3 Å². The first kappa shape index (κ1) is 10.2. The summed E-state index contributed by atoms with van der Waals surface area (Å²) in [5.74, 6) is -0.581. The molecular formula is C9H9BrFNO. The lowest BCUT2D eigenvalue weighted by Crippen LogP contribution is -2.23. The van der Waals surface area contributed by atoms with Crippen LogP contribution in [0.3, 0.4) is 0 Å². The molecular weight excluding hydrogens is 237 g/mol. The van der Waals surface area contributed by atoms with Gasteiger partial charge in [0.1, 0.15) is 0 Å². The minimum Gasteiger partial charge on any atom is -0.350 e. The summed E-state index contributed by atoms with van der Waals surface area (Å²) in [7, 11) is 0. The lowest BCUT2D eigenvalue weighted by Gasteiger charge is -2.02. The fourth-order valence-electron chi connectivity index (χ4n) is 0.850. The van der Waals surface area contributed by atoms with Gasteiger partial charge >= 0.3 is 0 Å².